The minimum absolute atomic E-state index is 0.100. The highest BCUT2D eigenvalue weighted by molar-refractivity contribution is 5.69. The van der Waals surface area contributed by atoms with Crippen molar-refractivity contribution in [3.05, 3.63) is 23.8 Å². The van der Waals surface area contributed by atoms with Crippen molar-refractivity contribution in [2.45, 2.75) is 12.7 Å². The van der Waals surface area contributed by atoms with Crippen molar-refractivity contribution < 1.29 is 33.3 Å². The standard InChI is InChI=1S/C11H12F3NO4/c12-11(13,14)6-15(5-10(18)19)4-7-1-2-8(16)3-9(7)17/h1-3,16-17H,4-6H2,(H,18,19). The van der Waals surface area contributed by atoms with Gasteiger partial charge in [0.05, 0.1) is 13.1 Å². The lowest BCUT2D eigenvalue weighted by molar-refractivity contribution is -0.154. The monoisotopic (exact) mass is 279 g/mol. The summed E-state index contributed by atoms with van der Waals surface area (Å²) in [7, 11) is 0. The van der Waals surface area contributed by atoms with Crippen LogP contribution in [0.2, 0.25) is 0 Å². The van der Waals surface area contributed by atoms with E-state index in [4.69, 9.17) is 10.2 Å². The zero-order chi connectivity index (χ0) is 14.6. The van der Waals surface area contributed by atoms with Gasteiger partial charge in [0.25, 0.3) is 0 Å². The molecule has 19 heavy (non-hydrogen) atoms. The summed E-state index contributed by atoms with van der Waals surface area (Å²) in [5.41, 5.74) is 0.100. The van der Waals surface area contributed by atoms with Crippen LogP contribution < -0.4 is 0 Å². The van der Waals surface area contributed by atoms with Gasteiger partial charge in [-0.2, -0.15) is 13.2 Å². The van der Waals surface area contributed by atoms with E-state index in [1.54, 1.807) is 0 Å². The van der Waals surface area contributed by atoms with Crippen LogP contribution in [0.3, 0.4) is 0 Å². The van der Waals surface area contributed by atoms with Crippen LogP contribution in [0.25, 0.3) is 0 Å². The van der Waals surface area contributed by atoms with Gasteiger partial charge >= 0.3 is 12.1 Å². The van der Waals surface area contributed by atoms with Gasteiger partial charge in [-0.15, -0.1) is 0 Å². The molecule has 0 radical (unpaired) electrons. The summed E-state index contributed by atoms with van der Waals surface area (Å²) in [6.45, 7) is -2.60. The molecule has 1 rings (SSSR count). The van der Waals surface area contributed by atoms with Crippen LogP contribution in [0, 0.1) is 0 Å². The third kappa shape index (κ3) is 5.47. The summed E-state index contributed by atoms with van der Waals surface area (Å²) < 4.78 is 36.9. The van der Waals surface area contributed by atoms with Crippen molar-refractivity contribution in [1.29, 1.82) is 0 Å². The zero-order valence-corrected chi connectivity index (χ0v) is 9.68. The topological polar surface area (TPSA) is 81.0 Å². The smallest absolute Gasteiger partial charge is 0.401 e. The van der Waals surface area contributed by atoms with Crippen LogP contribution >= 0.6 is 0 Å². The second-order valence-corrected chi connectivity index (χ2v) is 3.97. The first-order chi connectivity index (χ1) is 8.67. The van der Waals surface area contributed by atoms with Crippen LogP contribution in [0.15, 0.2) is 18.2 Å². The number of halogens is 3. The highest BCUT2D eigenvalue weighted by Gasteiger charge is 2.31. The van der Waals surface area contributed by atoms with Crippen molar-refractivity contribution >= 4 is 5.97 Å². The largest absolute Gasteiger partial charge is 0.508 e. The fraction of sp³-hybridized carbons (Fsp3) is 0.364. The Bertz CT molecular complexity index is 462. The first-order valence-corrected chi connectivity index (χ1v) is 5.19. The van der Waals surface area contributed by atoms with Gasteiger partial charge in [0.1, 0.15) is 11.5 Å². The third-order valence-electron chi connectivity index (χ3n) is 2.22. The van der Waals surface area contributed by atoms with E-state index in [1.165, 1.54) is 12.1 Å². The lowest BCUT2D eigenvalue weighted by Crippen LogP contribution is -2.37. The summed E-state index contributed by atoms with van der Waals surface area (Å²) in [6.07, 6.45) is -4.54. The number of carboxylic acid groups (broad SMARTS) is 1. The lowest BCUT2D eigenvalue weighted by atomic mass is 10.1. The van der Waals surface area contributed by atoms with Gasteiger partial charge in [-0.25, -0.2) is 0 Å². The van der Waals surface area contributed by atoms with Crippen LogP contribution in [0.1, 0.15) is 5.56 Å². The number of alkyl halides is 3. The Morgan fingerprint density at radius 1 is 1.26 bits per heavy atom. The normalized spacial score (nSPS) is 11.8. The molecule has 5 nitrogen and oxygen atoms in total. The second kappa shape index (κ2) is 5.79. The van der Waals surface area contributed by atoms with Crippen LogP contribution in [-0.4, -0.2) is 45.5 Å². The lowest BCUT2D eigenvalue weighted by Gasteiger charge is -2.22. The van der Waals surface area contributed by atoms with Gasteiger partial charge in [0.15, 0.2) is 0 Å². The molecule has 0 aliphatic rings. The SMILES string of the molecule is O=C(O)CN(Cc1ccc(O)cc1O)CC(F)(F)F. The van der Waals surface area contributed by atoms with E-state index in [1.807, 2.05) is 0 Å². The number of hydrogen-bond donors (Lipinski definition) is 3. The van der Waals surface area contributed by atoms with Crippen molar-refractivity contribution in [1.82, 2.24) is 4.90 Å². The number of rotatable bonds is 5. The summed E-state index contributed by atoms with van der Waals surface area (Å²) in [5, 5.41) is 27.1. The molecule has 8 heteroatoms. The van der Waals surface area contributed by atoms with E-state index >= 15 is 0 Å². The first-order valence-electron chi connectivity index (χ1n) is 5.19. The predicted molar refractivity (Wildman–Crippen MR) is 58.7 cm³/mol. The second-order valence-electron chi connectivity index (χ2n) is 3.97. The van der Waals surface area contributed by atoms with Gasteiger partial charge in [-0.3, -0.25) is 9.69 Å². The number of carboxylic acids is 1. The predicted octanol–water partition coefficient (Wildman–Crippen LogP) is 1.55. The molecule has 0 saturated heterocycles. The molecule has 0 unspecified atom stereocenters. The molecule has 3 N–H and O–H groups in total. The van der Waals surface area contributed by atoms with Crippen molar-refractivity contribution in [3.63, 3.8) is 0 Å². The number of aliphatic carboxylic acids is 1. The molecule has 0 aliphatic carbocycles. The highest BCUT2D eigenvalue weighted by atomic mass is 19.4. The fourth-order valence-corrected chi connectivity index (χ4v) is 1.54. The molecule has 0 atom stereocenters. The Morgan fingerprint density at radius 2 is 1.89 bits per heavy atom. The zero-order valence-electron chi connectivity index (χ0n) is 9.68. The van der Waals surface area contributed by atoms with Gasteiger partial charge in [0, 0.05) is 18.2 Å². The molecule has 0 amide bonds. The molecule has 0 spiro atoms. The Morgan fingerprint density at radius 3 is 2.37 bits per heavy atom. The summed E-state index contributed by atoms with van der Waals surface area (Å²) >= 11 is 0. The Hall–Kier alpha value is -1.96. The average Bonchev–Trinajstić information content (AvgIpc) is 2.18. The van der Waals surface area contributed by atoms with Crippen molar-refractivity contribution in [2.75, 3.05) is 13.1 Å². The maximum Gasteiger partial charge on any atom is 0.401 e. The molecular weight excluding hydrogens is 267 g/mol. The van der Waals surface area contributed by atoms with Crippen molar-refractivity contribution in [2.24, 2.45) is 0 Å². The number of aromatic hydroxyl groups is 2. The van der Waals surface area contributed by atoms with E-state index in [2.05, 4.69) is 0 Å². The number of carbonyl (C=O) groups is 1. The van der Waals surface area contributed by atoms with E-state index in [9.17, 15) is 23.1 Å². The summed E-state index contributed by atoms with van der Waals surface area (Å²) in [5.74, 6) is -2.03. The average molecular weight is 279 g/mol. The van der Waals surface area contributed by atoms with E-state index < -0.39 is 37.5 Å². The maximum absolute atomic E-state index is 12.3. The van der Waals surface area contributed by atoms with Gasteiger partial charge in [0.2, 0.25) is 0 Å². The Balaban J connectivity index is 2.84. The molecular formula is C11H12F3NO4. The molecule has 1 aromatic carbocycles. The molecule has 0 aromatic heterocycles. The minimum atomic E-state index is -4.54. The van der Waals surface area contributed by atoms with E-state index in [0.29, 0.717) is 4.90 Å². The Kier molecular flexibility index (Phi) is 4.60. The van der Waals surface area contributed by atoms with E-state index in [-0.39, 0.29) is 11.3 Å². The number of nitrogens with zero attached hydrogens (tertiary/aromatic N) is 1. The van der Waals surface area contributed by atoms with Gasteiger partial charge in [-0.05, 0) is 6.07 Å². The first kappa shape index (κ1) is 15.1. The van der Waals surface area contributed by atoms with Crippen LogP contribution in [0.4, 0.5) is 13.2 Å². The third-order valence-corrected chi connectivity index (χ3v) is 2.22. The van der Waals surface area contributed by atoms with Crippen LogP contribution in [0.5, 0.6) is 11.5 Å². The molecule has 0 aliphatic heterocycles. The quantitative estimate of drug-likeness (QED) is 0.762. The molecule has 0 fully saturated rings. The Labute approximate surface area is 106 Å². The van der Waals surface area contributed by atoms with E-state index in [0.717, 1.165) is 6.07 Å². The summed E-state index contributed by atoms with van der Waals surface area (Å²) in [6, 6.07) is 3.40. The molecule has 0 saturated carbocycles. The van der Waals surface area contributed by atoms with Gasteiger partial charge < -0.3 is 15.3 Å². The molecule has 1 aromatic rings. The van der Waals surface area contributed by atoms with Gasteiger partial charge in [-0.1, -0.05) is 6.07 Å². The van der Waals surface area contributed by atoms with Crippen LogP contribution in [-0.2, 0) is 11.3 Å². The fourth-order valence-electron chi connectivity index (χ4n) is 1.54. The minimum Gasteiger partial charge on any atom is -0.508 e. The number of phenolic OH excluding ortho intramolecular Hbond substituents is 2. The highest BCUT2D eigenvalue weighted by Crippen LogP contribution is 2.25. The summed E-state index contributed by atoms with van der Waals surface area (Å²) in [4.78, 5) is 11.1. The number of benzene rings is 1. The number of hydrogen-bond acceptors (Lipinski definition) is 4. The molecule has 0 bridgehead atoms. The van der Waals surface area contributed by atoms with Crippen molar-refractivity contribution in [3.8, 4) is 11.5 Å². The molecule has 0 heterocycles. The number of phenols is 2. The maximum atomic E-state index is 12.3. The molecule has 106 valence electrons.